The molecule has 0 aliphatic carbocycles. The monoisotopic (exact) mass is 355 g/mol. The number of fused-ring (bicyclic) bond motifs is 1. The lowest BCUT2D eigenvalue weighted by molar-refractivity contribution is -0.137. The standard InChI is InChI=1S/C20H25N3O3/c1-22(2)18-10-12-23(13-14(18)7-8-19(24)25)20(26)16-9-11-21-17-6-4-3-5-15(16)17/h3-6,9,11,14,18H,7-8,10,12-13H2,1-2H3,(H,24,25)/t14-,18+/m1/s1. The minimum absolute atomic E-state index is 0.00105. The fraction of sp³-hybridized carbons (Fsp3) is 0.450. The normalized spacial score (nSPS) is 20.5. The van der Waals surface area contributed by atoms with Gasteiger partial charge in [-0.3, -0.25) is 14.6 Å². The Labute approximate surface area is 153 Å². The van der Waals surface area contributed by atoms with E-state index in [2.05, 4.69) is 9.88 Å². The molecule has 0 saturated carbocycles. The number of carboxylic acids is 1. The Kier molecular flexibility index (Phi) is 5.52. The van der Waals surface area contributed by atoms with Crippen LogP contribution in [-0.2, 0) is 4.79 Å². The van der Waals surface area contributed by atoms with Crippen LogP contribution < -0.4 is 0 Å². The van der Waals surface area contributed by atoms with Gasteiger partial charge in [-0.25, -0.2) is 0 Å². The number of aliphatic carboxylic acids is 1. The van der Waals surface area contributed by atoms with E-state index in [-0.39, 0.29) is 18.2 Å². The molecule has 1 aromatic carbocycles. The van der Waals surface area contributed by atoms with Gasteiger partial charge in [0.1, 0.15) is 0 Å². The molecule has 1 amide bonds. The van der Waals surface area contributed by atoms with Gasteiger partial charge in [-0.05, 0) is 45.0 Å². The van der Waals surface area contributed by atoms with Crippen molar-refractivity contribution < 1.29 is 14.7 Å². The van der Waals surface area contributed by atoms with E-state index >= 15 is 0 Å². The Morgan fingerprint density at radius 1 is 1.27 bits per heavy atom. The lowest BCUT2D eigenvalue weighted by Crippen LogP contribution is -2.50. The molecule has 138 valence electrons. The van der Waals surface area contributed by atoms with Crippen LogP contribution in [0.4, 0.5) is 0 Å². The largest absolute Gasteiger partial charge is 0.481 e. The molecule has 6 nitrogen and oxygen atoms in total. The number of aromatic nitrogens is 1. The second kappa shape index (κ2) is 7.83. The zero-order valence-corrected chi connectivity index (χ0v) is 15.3. The third-order valence-electron chi connectivity index (χ3n) is 5.25. The summed E-state index contributed by atoms with van der Waals surface area (Å²) in [6, 6.07) is 9.72. The van der Waals surface area contributed by atoms with E-state index in [4.69, 9.17) is 5.11 Å². The van der Waals surface area contributed by atoms with E-state index in [0.717, 1.165) is 17.3 Å². The van der Waals surface area contributed by atoms with E-state index in [1.165, 1.54) is 0 Å². The number of likely N-dealkylation sites (tertiary alicyclic amines) is 1. The first kappa shape index (κ1) is 18.3. The zero-order chi connectivity index (χ0) is 18.7. The number of carbonyl (C=O) groups is 2. The van der Waals surface area contributed by atoms with E-state index in [1.54, 1.807) is 12.3 Å². The third-order valence-corrected chi connectivity index (χ3v) is 5.25. The van der Waals surface area contributed by atoms with Gasteiger partial charge in [-0.2, -0.15) is 0 Å². The Bertz CT molecular complexity index is 800. The van der Waals surface area contributed by atoms with Gasteiger partial charge in [-0.1, -0.05) is 18.2 Å². The molecule has 0 unspecified atom stereocenters. The lowest BCUT2D eigenvalue weighted by atomic mass is 9.87. The minimum Gasteiger partial charge on any atom is -0.481 e. The van der Waals surface area contributed by atoms with E-state index in [9.17, 15) is 9.59 Å². The Morgan fingerprint density at radius 2 is 2.04 bits per heavy atom. The third kappa shape index (κ3) is 3.85. The molecule has 1 N–H and O–H groups in total. The van der Waals surface area contributed by atoms with Gasteiger partial charge in [0.05, 0.1) is 11.1 Å². The highest BCUT2D eigenvalue weighted by molar-refractivity contribution is 6.06. The minimum atomic E-state index is -0.786. The molecular formula is C20H25N3O3. The SMILES string of the molecule is CN(C)[C@H]1CCN(C(=O)c2ccnc3ccccc23)C[C@H]1CCC(=O)O. The number of hydrogen-bond acceptors (Lipinski definition) is 4. The molecule has 2 aromatic rings. The van der Waals surface area contributed by atoms with Crippen molar-refractivity contribution in [3.8, 4) is 0 Å². The number of rotatable bonds is 5. The smallest absolute Gasteiger partial charge is 0.303 e. The van der Waals surface area contributed by atoms with Crippen molar-refractivity contribution in [3.63, 3.8) is 0 Å². The van der Waals surface area contributed by atoms with Crippen LogP contribution >= 0.6 is 0 Å². The van der Waals surface area contributed by atoms with Crippen LogP contribution in [-0.4, -0.2) is 65.0 Å². The van der Waals surface area contributed by atoms with E-state index in [1.807, 2.05) is 43.3 Å². The average molecular weight is 355 g/mol. The molecule has 0 spiro atoms. The topological polar surface area (TPSA) is 73.7 Å². The molecule has 1 aromatic heterocycles. The van der Waals surface area contributed by atoms with Crippen LogP contribution in [0.5, 0.6) is 0 Å². The van der Waals surface area contributed by atoms with Gasteiger partial charge < -0.3 is 14.9 Å². The van der Waals surface area contributed by atoms with Gasteiger partial charge in [0.15, 0.2) is 0 Å². The maximum absolute atomic E-state index is 13.1. The highest BCUT2D eigenvalue weighted by Crippen LogP contribution is 2.27. The number of amides is 1. The number of hydrogen-bond donors (Lipinski definition) is 1. The number of carbonyl (C=O) groups excluding carboxylic acids is 1. The second-order valence-corrected chi connectivity index (χ2v) is 7.14. The molecule has 0 bridgehead atoms. The Morgan fingerprint density at radius 3 is 2.77 bits per heavy atom. The number of benzene rings is 1. The maximum Gasteiger partial charge on any atom is 0.303 e. The van der Waals surface area contributed by atoms with Crippen molar-refractivity contribution in [2.24, 2.45) is 5.92 Å². The predicted molar refractivity (Wildman–Crippen MR) is 100 cm³/mol. The maximum atomic E-state index is 13.1. The molecule has 1 fully saturated rings. The lowest BCUT2D eigenvalue weighted by Gasteiger charge is -2.41. The van der Waals surface area contributed by atoms with Crippen molar-refractivity contribution in [3.05, 3.63) is 42.1 Å². The molecule has 1 aliphatic heterocycles. The predicted octanol–water partition coefficient (Wildman–Crippen LogP) is 2.49. The molecule has 1 saturated heterocycles. The first-order valence-corrected chi connectivity index (χ1v) is 8.98. The van der Waals surface area contributed by atoms with Gasteiger partial charge in [0.2, 0.25) is 0 Å². The number of nitrogens with zero attached hydrogens (tertiary/aromatic N) is 3. The Hall–Kier alpha value is -2.47. The van der Waals surface area contributed by atoms with Gasteiger partial charge >= 0.3 is 5.97 Å². The second-order valence-electron chi connectivity index (χ2n) is 7.14. The van der Waals surface area contributed by atoms with Crippen LogP contribution in [0, 0.1) is 5.92 Å². The molecule has 2 atom stereocenters. The quantitative estimate of drug-likeness (QED) is 0.892. The summed E-state index contributed by atoms with van der Waals surface area (Å²) < 4.78 is 0. The van der Waals surface area contributed by atoms with Crippen molar-refractivity contribution in [2.75, 3.05) is 27.2 Å². The first-order valence-electron chi connectivity index (χ1n) is 8.98. The molecular weight excluding hydrogens is 330 g/mol. The fourth-order valence-corrected chi connectivity index (χ4v) is 3.93. The van der Waals surface area contributed by atoms with E-state index < -0.39 is 5.97 Å². The molecule has 6 heteroatoms. The highest BCUT2D eigenvalue weighted by atomic mass is 16.4. The molecule has 3 rings (SSSR count). The summed E-state index contributed by atoms with van der Waals surface area (Å²) in [6.07, 6.45) is 3.24. The van der Waals surface area contributed by atoms with Crippen LogP contribution in [0.15, 0.2) is 36.5 Å². The first-order chi connectivity index (χ1) is 12.5. The number of pyridine rings is 1. The highest BCUT2D eigenvalue weighted by Gasteiger charge is 2.33. The summed E-state index contributed by atoms with van der Waals surface area (Å²) >= 11 is 0. The van der Waals surface area contributed by atoms with E-state index in [0.29, 0.717) is 31.1 Å². The summed E-state index contributed by atoms with van der Waals surface area (Å²) in [4.78, 5) is 32.5. The summed E-state index contributed by atoms with van der Waals surface area (Å²) in [5, 5.41) is 9.90. The van der Waals surface area contributed by atoms with Crippen molar-refractivity contribution in [2.45, 2.75) is 25.3 Å². The molecule has 1 aliphatic rings. The van der Waals surface area contributed by atoms with Crippen molar-refractivity contribution in [1.29, 1.82) is 0 Å². The number of carboxylic acid groups (broad SMARTS) is 1. The zero-order valence-electron chi connectivity index (χ0n) is 15.3. The number of para-hydroxylation sites is 1. The van der Waals surface area contributed by atoms with Crippen LogP contribution in [0.2, 0.25) is 0 Å². The van der Waals surface area contributed by atoms with Crippen LogP contribution in [0.1, 0.15) is 29.6 Å². The van der Waals surface area contributed by atoms with Crippen molar-refractivity contribution in [1.82, 2.24) is 14.8 Å². The molecule has 26 heavy (non-hydrogen) atoms. The van der Waals surface area contributed by atoms with Crippen LogP contribution in [0.25, 0.3) is 10.9 Å². The number of piperidine rings is 1. The van der Waals surface area contributed by atoms with Gasteiger partial charge in [0, 0.05) is 37.1 Å². The fourth-order valence-electron chi connectivity index (χ4n) is 3.93. The summed E-state index contributed by atoms with van der Waals surface area (Å²) in [7, 11) is 4.04. The van der Waals surface area contributed by atoms with Crippen LogP contribution in [0.3, 0.4) is 0 Å². The van der Waals surface area contributed by atoms with Gasteiger partial charge in [-0.15, -0.1) is 0 Å². The Balaban J connectivity index is 1.82. The molecule has 2 heterocycles. The summed E-state index contributed by atoms with van der Waals surface area (Å²) in [5.74, 6) is -0.626. The van der Waals surface area contributed by atoms with Gasteiger partial charge in [0.25, 0.3) is 5.91 Å². The summed E-state index contributed by atoms with van der Waals surface area (Å²) in [6.45, 7) is 1.27. The molecule has 0 radical (unpaired) electrons. The average Bonchev–Trinajstić information content (AvgIpc) is 2.65. The van der Waals surface area contributed by atoms with Crippen molar-refractivity contribution >= 4 is 22.8 Å². The summed E-state index contributed by atoms with van der Waals surface area (Å²) in [5.41, 5.74) is 1.47.